The Balaban J connectivity index is 1.42. The number of aromatic nitrogens is 4. The fourth-order valence-corrected chi connectivity index (χ4v) is 2.87. The maximum absolute atomic E-state index is 11.7. The first kappa shape index (κ1) is 18.4. The van der Waals surface area contributed by atoms with Crippen molar-refractivity contribution in [2.24, 2.45) is 0 Å². The molecular weight excluding hydrogens is 342 g/mol. The van der Waals surface area contributed by atoms with E-state index in [0.29, 0.717) is 18.7 Å². The lowest BCUT2D eigenvalue weighted by molar-refractivity contribution is 0.453. The van der Waals surface area contributed by atoms with Crippen molar-refractivity contribution >= 4 is 0 Å². The van der Waals surface area contributed by atoms with Crippen molar-refractivity contribution in [2.75, 3.05) is 0 Å². The Morgan fingerprint density at radius 3 is 2.70 bits per heavy atom. The lowest BCUT2D eigenvalue weighted by atomic mass is 10.1. The molecule has 3 aromatic rings. The Kier molecular flexibility index (Phi) is 6.00. The van der Waals surface area contributed by atoms with Crippen molar-refractivity contribution in [3.8, 4) is 11.8 Å². The molecule has 0 bridgehead atoms. The Bertz CT molecular complexity index is 983. The van der Waals surface area contributed by atoms with Crippen molar-refractivity contribution in [3.63, 3.8) is 0 Å². The minimum absolute atomic E-state index is 0.212. The van der Waals surface area contributed by atoms with Gasteiger partial charge in [0, 0.05) is 18.9 Å². The summed E-state index contributed by atoms with van der Waals surface area (Å²) in [5.41, 5.74) is 2.31. The van der Waals surface area contributed by atoms with Crippen LogP contribution in [-0.2, 0) is 19.5 Å². The molecule has 0 spiro atoms. The van der Waals surface area contributed by atoms with Gasteiger partial charge in [-0.1, -0.05) is 23.8 Å². The van der Waals surface area contributed by atoms with Crippen LogP contribution in [0.15, 0.2) is 53.6 Å². The van der Waals surface area contributed by atoms with Gasteiger partial charge in [-0.3, -0.25) is 4.79 Å². The van der Waals surface area contributed by atoms with Crippen LogP contribution in [0.5, 0.6) is 5.75 Å². The monoisotopic (exact) mass is 363 g/mol. The van der Waals surface area contributed by atoms with Crippen LogP contribution in [0, 0.1) is 11.3 Å². The second kappa shape index (κ2) is 8.81. The van der Waals surface area contributed by atoms with Crippen molar-refractivity contribution < 1.29 is 5.11 Å². The zero-order chi connectivity index (χ0) is 19.1. The van der Waals surface area contributed by atoms with Crippen molar-refractivity contribution in [2.45, 2.75) is 38.8 Å². The summed E-state index contributed by atoms with van der Waals surface area (Å²) < 4.78 is 3.33. The van der Waals surface area contributed by atoms with E-state index in [-0.39, 0.29) is 11.3 Å². The molecule has 7 nitrogen and oxygen atoms in total. The number of rotatable bonds is 8. The van der Waals surface area contributed by atoms with E-state index < -0.39 is 0 Å². The number of hydrogen-bond donors (Lipinski definition) is 1. The molecule has 2 heterocycles. The molecule has 7 heteroatoms. The predicted octanol–water partition coefficient (Wildman–Crippen LogP) is 2.48. The maximum Gasteiger partial charge on any atom is 0.292 e. The summed E-state index contributed by atoms with van der Waals surface area (Å²) in [4.78, 5) is 11.7. The molecule has 0 unspecified atom stereocenters. The van der Waals surface area contributed by atoms with E-state index in [4.69, 9.17) is 5.26 Å². The van der Waals surface area contributed by atoms with E-state index in [1.165, 1.54) is 10.6 Å². The SMILES string of the molecule is N#Cc1ccc(Cn2cc(CCCCCn3cccc(O)c3=O)nn2)cc1. The van der Waals surface area contributed by atoms with E-state index in [9.17, 15) is 9.90 Å². The van der Waals surface area contributed by atoms with Crippen LogP contribution >= 0.6 is 0 Å². The van der Waals surface area contributed by atoms with Gasteiger partial charge in [-0.05, 0) is 49.1 Å². The Labute approximate surface area is 157 Å². The van der Waals surface area contributed by atoms with Gasteiger partial charge in [-0.25, -0.2) is 4.68 Å². The number of unbranched alkanes of at least 4 members (excludes halogenated alkanes) is 2. The minimum atomic E-state index is -0.344. The highest BCUT2D eigenvalue weighted by atomic mass is 16.3. The van der Waals surface area contributed by atoms with Crippen LogP contribution in [0.2, 0.25) is 0 Å². The number of benzene rings is 1. The van der Waals surface area contributed by atoms with Crippen LogP contribution in [-0.4, -0.2) is 24.7 Å². The second-order valence-electron chi connectivity index (χ2n) is 6.42. The van der Waals surface area contributed by atoms with Crippen LogP contribution in [0.25, 0.3) is 0 Å². The molecule has 0 saturated carbocycles. The maximum atomic E-state index is 11.7. The average Bonchev–Trinajstić information content (AvgIpc) is 3.12. The molecule has 138 valence electrons. The minimum Gasteiger partial charge on any atom is -0.503 e. The Morgan fingerprint density at radius 1 is 1.11 bits per heavy atom. The number of hydrogen-bond acceptors (Lipinski definition) is 5. The molecule has 0 aliphatic rings. The lowest BCUT2D eigenvalue weighted by Gasteiger charge is -2.05. The summed E-state index contributed by atoms with van der Waals surface area (Å²) in [6, 6.07) is 12.6. The van der Waals surface area contributed by atoms with E-state index in [1.807, 2.05) is 18.3 Å². The third-order valence-corrected chi connectivity index (χ3v) is 4.35. The third kappa shape index (κ3) is 5.05. The zero-order valence-electron chi connectivity index (χ0n) is 15.0. The van der Waals surface area contributed by atoms with E-state index in [2.05, 4.69) is 16.4 Å². The number of pyridine rings is 1. The summed E-state index contributed by atoms with van der Waals surface area (Å²) in [5, 5.41) is 26.6. The van der Waals surface area contributed by atoms with Gasteiger partial charge >= 0.3 is 0 Å². The predicted molar refractivity (Wildman–Crippen MR) is 100 cm³/mol. The topological polar surface area (TPSA) is 96.7 Å². The number of nitrogens with zero attached hydrogens (tertiary/aromatic N) is 5. The van der Waals surface area contributed by atoms with Gasteiger partial charge in [0.1, 0.15) is 0 Å². The standard InChI is InChI=1S/C20H21N5O2/c21-13-16-7-9-17(10-8-16)14-25-15-18(22-23-25)5-2-1-3-11-24-12-4-6-19(26)20(24)27/h4,6-10,12,15,26H,1-3,5,11,14H2. The van der Waals surface area contributed by atoms with E-state index in [1.54, 1.807) is 29.1 Å². The van der Waals surface area contributed by atoms with Gasteiger partial charge < -0.3 is 9.67 Å². The molecule has 3 rings (SSSR count). The van der Waals surface area contributed by atoms with Gasteiger partial charge in [-0.2, -0.15) is 5.26 Å². The molecule has 0 radical (unpaired) electrons. The molecule has 1 N–H and O–H groups in total. The summed E-state index contributed by atoms with van der Waals surface area (Å²) in [6.45, 7) is 1.22. The molecule has 0 atom stereocenters. The van der Waals surface area contributed by atoms with E-state index in [0.717, 1.165) is 36.9 Å². The second-order valence-corrected chi connectivity index (χ2v) is 6.42. The Hall–Kier alpha value is -3.40. The van der Waals surface area contributed by atoms with Crippen LogP contribution in [0.4, 0.5) is 0 Å². The first-order valence-corrected chi connectivity index (χ1v) is 8.92. The van der Waals surface area contributed by atoms with Gasteiger partial charge in [0.25, 0.3) is 5.56 Å². The lowest BCUT2D eigenvalue weighted by Crippen LogP contribution is -2.18. The van der Waals surface area contributed by atoms with Crippen molar-refractivity contribution in [3.05, 3.63) is 76.0 Å². The smallest absolute Gasteiger partial charge is 0.292 e. The zero-order valence-corrected chi connectivity index (χ0v) is 15.0. The summed E-state index contributed by atoms with van der Waals surface area (Å²) in [5.74, 6) is -0.212. The van der Waals surface area contributed by atoms with Crippen molar-refractivity contribution in [1.29, 1.82) is 5.26 Å². The molecule has 0 saturated heterocycles. The molecule has 1 aromatic carbocycles. The van der Waals surface area contributed by atoms with Gasteiger partial charge in [-0.15, -0.1) is 5.10 Å². The van der Waals surface area contributed by atoms with Gasteiger partial charge in [0.15, 0.2) is 5.75 Å². The average molecular weight is 363 g/mol. The molecule has 0 fully saturated rings. The molecule has 0 aliphatic carbocycles. The van der Waals surface area contributed by atoms with Crippen LogP contribution < -0.4 is 5.56 Å². The molecule has 27 heavy (non-hydrogen) atoms. The van der Waals surface area contributed by atoms with Gasteiger partial charge in [0.2, 0.25) is 0 Å². The highest BCUT2D eigenvalue weighted by Gasteiger charge is 2.04. The third-order valence-electron chi connectivity index (χ3n) is 4.35. The fraction of sp³-hybridized carbons (Fsp3) is 0.300. The summed E-state index contributed by atoms with van der Waals surface area (Å²) in [7, 11) is 0. The quantitative estimate of drug-likeness (QED) is 0.620. The highest BCUT2D eigenvalue weighted by Crippen LogP contribution is 2.08. The number of aromatic hydroxyl groups is 1. The Morgan fingerprint density at radius 2 is 1.93 bits per heavy atom. The summed E-state index contributed by atoms with van der Waals surface area (Å²) >= 11 is 0. The fourth-order valence-electron chi connectivity index (χ4n) is 2.87. The largest absolute Gasteiger partial charge is 0.503 e. The van der Waals surface area contributed by atoms with Crippen LogP contribution in [0.3, 0.4) is 0 Å². The normalized spacial score (nSPS) is 10.6. The highest BCUT2D eigenvalue weighted by molar-refractivity contribution is 5.31. The molecular formula is C20H21N5O2. The molecule has 2 aromatic heterocycles. The van der Waals surface area contributed by atoms with Gasteiger partial charge in [0.05, 0.1) is 23.9 Å². The molecule has 0 amide bonds. The first-order chi connectivity index (χ1) is 13.2. The van der Waals surface area contributed by atoms with Crippen LogP contribution in [0.1, 0.15) is 36.1 Å². The number of aryl methyl sites for hydroxylation is 2. The number of nitriles is 1. The molecule has 0 aliphatic heterocycles. The van der Waals surface area contributed by atoms with Crippen molar-refractivity contribution in [1.82, 2.24) is 19.6 Å². The first-order valence-electron chi connectivity index (χ1n) is 8.92. The van der Waals surface area contributed by atoms with E-state index >= 15 is 0 Å². The summed E-state index contributed by atoms with van der Waals surface area (Å²) in [6.07, 6.45) is 7.26.